The molecule has 1 fully saturated rings. The molecule has 0 aromatic carbocycles. The van der Waals surface area contributed by atoms with Crippen LogP contribution in [0.5, 0.6) is 0 Å². The first-order valence-electron chi connectivity index (χ1n) is 6.65. The third kappa shape index (κ3) is 3.74. The predicted molar refractivity (Wildman–Crippen MR) is 67.5 cm³/mol. The van der Waals surface area contributed by atoms with Gasteiger partial charge >= 0.3 is 0 Å². The molecule has 1 aliphatic rings. The van der Waals surface area contributed by atoms with Gasteiger partial charge in [-0.25, -0.2) is 0 Å². The van der Waals surface area contributed by atoms with Crippen molar-refractivity contribution in [1.29, 1.82) is 0 Å². The fourth-order valence-corrected chi connectivity index (χ4v) is 3.00. The first-order valence-corrected chi connectivity index (χ1v) is 6.65. The summed E-state index contributed by atoms with van der Waals surface area (Å²) >= 11 is 0. The minimum atomic E-state index is -0.121. The summed E-state index contributed by atoms with van der Waals surface area (Å²) in [5.41, 5.74) is -0.0285. The van der Waals surface area contributed by atoms with Crippen molar-refractivity contribution in [2.24, 2.45) is 5.92 Å². The standard InChI is InChI=1S/C14H28O2/c1-6-7-12(15)9-8-11-10-13(2,3)16-14(11,4)5/h11-12,15H,6-10H2,1-5H3. The molecule has 2 nitrogen and oxygen atoms in total. The molecule has 96 valence electrons. The van der Waals surface area contributed by atoms with Gasteiger partial charge in [-0.05, 0) is 59.3 Å². The van der Waals surface area contributed by atoms with Crippen LogP contribution in [0.4, 0.5) is 0 Å². The highest BCUT2D eigenvalue weighted by molar-refractivity contribution is 4.94. The fourth-order valence-electron chi connectivity index (χ4n) is 3.00. The Bertz CT molecular complexity index is 221. The largest absolute Gasteiger partial charge is 0.393 e. The van der Waals surface area contributed by atoms with Gasteiger partial charge in [-0.2, -0.15) is 0 Å². The Balaban J connectivity index is 2.42. The molecular weight excluding hydrogens is 200 g/mol. The lowest BCUT2D eigenvalue weighted by Crippen LogP contribution is -2.29. The van der Waals surface area contributed by atoms with E-state index in [0.29, 0.717) is 5.92 Å². The second kappa shape index (κ2) is 5.05. The molecule has 2 unspecified atom stereocenters. The molecule has 1 rings (SSSR count). The number of rotatable bonds is 5. The quantitative estimate of drug-likeness (QED) is 0.780. The zero-order chi connectivity index (χ0) is 12.4. The molecule has 0 aromatic rings. The normalized spacial score (nSPS) is 29.2. The second-order valence-corrected chi connectivity index (χ2v) is 6.39. The third-order valence-electron chi connectivity index (χ3n) is 3.73. The van der Waals surface area contributed by atoms with Crippen LogP contribution >= 0.6 is 0 Å². The summed E-state index contributed by atoms with van der Waals surface area (Å²) in [6, 6.07) is 0. The summed E-state index contributed by atoms with van der Waals surface area (Å²) in [7, 11) is 0. The average molecular weight is 228 g/mol. The lowest BCUT2D eigenvalue weighted by atomic mass is 9.83. The van der Waals surface area contributed by atoms with Crippen molar-refractivity contribution in [2.45, 2.75) is 84.0 Å². The zero-order valence-electron chi connectivity index (χ0n) is 11.5. The first kappa shape index (κ1) is 14.0. The van der Waals surface area contributed by atoms with Crippen molar-refractivity contribution in [1.82, 2.24) is 0 Å². The molecule has 2 heteroatoms. The minimum absolute atomic E-state index is 0.00384. The molecule has 1 heterocycles. The maximum absolute atomic E-state index is 9.77. The Labute approximate surface area is 100 Å². The molecule has 0 aliphatic carbocycles. The van der Waals surface area contributed by atoms with Crippen molar-refractivity contribution >= 4 is 0 Å². The number of aliphatic hydroxyl groups is 1. The van der Waals surface area contributed by atoms with Crippen LogP contribution in [0, 0.1) is 5.92 Å². The van der Waals surface area contributed by atoms with Crippen molar-refractivity contribution in [2.75, 3.05) is 0 Å². The Morgan fingerprint density at radius 1 is 1.25 bits per heavy atom. The molecule has 1 saturated heterocycles. The van der Waals surface area contributed by atoms with Gasteiger partial charge in [0.2, 0.25) is 0 Å². The molecular formula is C14H28O2. The Hall–Kier alpha value is -0.0800. The van der Waals surface area contributed by atoms with E-state index in [-0.39, 0.29) is 17.3 Å². The van der Waals surface area contributed by atoms with Gasteiger partial charge in [0.25, 0.3) is 0 Å². The molecule has 0 aromatic heterocycles. The lowest BCUT2D eigenvalue weighted by molar-refractivity contribution is -0.0759. The van der Waals surface area contributed by atoms with Crippen LogP contribution < -0.4 is 0 Å². The topological polar surface area (TPSA) is 29.5 Å². The van der Waals surface area contributed by atoms with Crippen LogP contribution in [-0.4, -0.2) is 22.4 Å². The van der Waals surface area contributed by atoms with Gasteiger partial charge in [-0.3, -0.25) is 0 Å². The maximum atomic E-state index is 9.77. The van der Waals surface area contributed by atoms with Crippen LogP contribution in [-0.2, 0) is 4.74 Å². The SMILES string of the molecule is CCCC(O)CCC1CC(C)(C)OC1(C)C. The van der Waals surface area contributed by atoms with Gasteiger partial charge in [0, 0.05) is 0 Å². The van der Waals surface area contributed by atoms with Crippen molar-refractivity contribution in [3.05, 3.63) is 0 Å². The summed E-state index contributed by atoms with van der Waals surface area (Å²) < 4.78 is 6.06. The zero-order valence-corrected chi connectivity index (χ0v) is 11.5. The molecule has 1 aliphatic heterocycles. The van der Waals surface area contributed by atoms with Crippen molar-refractivity contribution in [3.8, 4) is 0 Å². The van der Waals surface area contributed by atoms with Gasteiger partial charge in [0.1, 0.15) is 0 Å². The summed E-state index contributed by atoms with van der Waals surface area (Å²) in [5, 5.41) is 9.77. The Morgan fingerprint density at radius 3 is 2.31 bits per heavy atom. The van der Waals surface area contributed by atoms with E-state index in [1.54, 1.807) is 0 Å². The summed E-state index contributed by atoms with van der Waals surface area (Å²) in [5.74, 6) is 0.578. The van der Waals surface area contributed by atoms with E-state index < -0.39 is 0 Å². The van der Waals surface area contributed by atoms with Gasteiger partial charge < -0.3 is 9.84 Å². The Morgan fingerprint density at radius 2 is 1.88 bits per heavy atom. The highest BCUT2D eigenvalue weighted by Crippen LogP contribution is 2.44. The van der Waals surface area contributed by atoms with E-state index in [2.05, 4.69) is 34.6 Å². The van der Waals surface area contributed by atoms with E-state index in [9.17, 15) is 5.11 Å². The van der Waals surface area contributed by atoms with Gasteiger partial charge in [0.15, 0.2) is 0 Å². The van der Waals surface area contributed by atoms with Gasteiger partial charge in [-0.15, -0.1) is 0 Å². The number of hydrogen-bond donors (Lipinski definition) is 1. The molecule has 0 spiro atoms. The molecule has 0 bridgehead atoms. The van der Waals surface area contributed by atoms with Crippen LogP contribution in [0.3, 0.4) is 0 Å². The van der Waals surface area contributed by atoms with Crippen LogP contribution in [0.2, 0.25) is 0 Å². The molecule has 2 atom stereocenters. The monoisotopic (exact) mass is 228 g/mol. The molecule has 0 saturated carbocycles. The minimum Gasteiger partial charge on any atom is -0.393 e. The van der Waals surface area contributed by atoms with E-state index in [1.807, 2.05) is 0 Å². The van der Waals surface area contributed by atoms with Gasteiger partial charge in [0.05, 0.1) is 17.3 Å². The van der Waals surface area contributed by atoms with Crippen LogP contribution in [0.25, 0.3) is 0 Å². The molecule has 1 N–H and O–H groups in total. The van der Waals surface area contributed by atoms with Crippen molar-refractivity contribution in [3.63, 3.8) is 0 Å². The van der Waals surface area contributed by atoms with Crippen LogP contribution in [0.15, 0.2) is 0 Å². The summed E-state index contributed by atoms with van der Waals surface area (Å²) in [6.07, 6.45) is 4.98. The average Bonchev–Trinajstić information content (AvgIpc) is 2.31. The number of hydrogen-bond acceptors (Lipinski definition) is 2. The van der Waals surface area contributed by atoms with E-state index >= 15 is 0 Å². The van der Waals surface area contributed by atoms with E-state index in [1.165, 1.54) is 0 Å². The van der Waals surface area contributed by atoms with E-state index in [0.717, 1.165) is 32.1 Å². The lowest BCUT2D eigenvalue weighted by Gasteiger charge is -2.27. The first-order chi connectivity index (χ1) is 7.27. The number of ether oxygens (including phenoxy) is 1. The Kier molecular flexibility index (Phi) is 4.42. The second-order valence-electron chi connectivity index (χ2n) is 6.39. The molecule has 16 heavy (non-hydrogen) atoms. The van der Waals surface area contributed by atoms with Gasteiger partial charge in [-0.1, -0.05) is 13.3 Å². The summed E-state index contributed by atoms with van der Waals surface area (Å²) in [4.78, 5) is 0. The highest BCUT2D eigenvalue weighted by Gasteiger charge is 2.45. The van der Waals surface area contributed by atoms with Crippen LogP contribution in [0.1, 0.15) is 66.7 Å². The smallest absolute Gasteiger partial charge is 0.0662 e. The van der Waals surface area contributed by atoms with Crippen molar-refractivity contribution < 1.29 is 9.84 Å². The fraction of sp³-hybridized carbons (Fsp3) is 1.00. The third-order valence-corrected chi connectivity index (χ3v) is 3.73. The maximum Gasteiger partial charge on any atom is 0.0662 e. The predicted octanol–water partition coefficient (Wildman–Crippen LogP) is 3.52. The molecule has 0 amide bonds. The summed E-state index contributed by atoms with van der Waals surface area (Å²) in [6.45, 7) is 10.8. The highest BCUT2D eigenvalue weighted by atomic mass is 16.5. The van der Waals surface area contributed by atoms with E-state index in [4.69, 9.17) is 4.74 Å². The number of aliphatic hydroxyl groups excluding tert-OH is 1. The molecule has 0 radical (unpaired) electrons.